The minimum Gasteiger partial charge on any atom is -0.406 e. The maximum Gasteiger partial charge on any atom is 0.573 e. The number of hydrogen-bond acceptors (Lipinski definition) is 4. The lowest BCUT2D eigenvalue weighted by Gasteiger charge is -2.18. The van der Waals surface area contributed by atoms with Crippen molar-refractivity contribution < 1.29 is 31.1 Å². The summed E-state index contributed by atoms with van der Waals surface area (Å²) in [5, 5.41) is 2.53. The first-order valence-corrected chi connectivity index (χ1v) is 10.9. The summed E-state index contributed by atoms with van der Waals surface area (Å²) in [6, 6.07) is 13.1. The summed E-state index contributed by atoms with van der Waals surface area (Å²) < 4.78 is 69.6. The first-order valence-electron chi connectivity index (χ1n) is 9.49. The maximum absolute atomic E-state index is 13.2. The van der Waals surface area contributed by atoms with Crippen molar-refractivity contribution >= 4 is 27.3 Å². The maximum atomic E-state index is 13.2. The van der Waals surface area contributed by atoms with Crippen LogP contribution in [0, 0.1) is 0 Å². The zero-order valence-electron chi connectivity index (χ0n) is 16.8. The summed E-state index contributed by atoms with van der Waals surface area (Å²) in [6.45, 7) is 0.310. The number of aryl methyl sites for hydroxylation is 1. The van der Waals surface area contributed by atoms with E-state index in [1.165, 1.54) is 40.3 Å². The van der Waals surface area contributed by atoms with E-state index in [4.69, 9.17) is 0 Å². The number of amides is 1. The third kappa shape index (κ3) is 4.28. The number of carbonyl (C=O) groups is 1. The van der Waals surface area contributed by atoms with Crippen molar-refractivity contribution in [2.45, 2.75) is 17.7 Å². The van der Waals surface area contributed by atoms with Crippen molar-refractivity contribution in [3.63, 3.8) is 0 Å². The zero-order chi connectivity index (χ0) is 23.1. The van der Waals surface area contributed by atoms with Crippen molar-refractivity contribution in [2.75, 3.05) is 16.2 Å². The van der Waals surface area contributed by atoms with Crippen LogP contribution in [0.5, 0.6) is 5.75 Å². The molecule has 0 radical (unpaired) electrons. The summed E-state index contributed by atoms with van der Waals surface area (Å²) in [5.41, 5.74) is 1.85. The van der Waals surface area contributed by atoms with Gasteiger partial charge in [0.15, 0.2) is 0 Å². The molecule has 3 aromatic rings. The number of nitrogens with one attached hydrogen (secondary N) is 1. The Hall–Kier alpha value is -3.47. The Labute approximate surface area is 182 Å². The van der Waals surface area contributed by atoms with Gasteiger partial charge in [-0.1, -0.05) is 18.2 Å². The van der Waals surface area contributed by atoms with Crippen LogP contribution < -0.4 is 14.4 Å². The second kappa shape index (κ2) is 7.90. The SMILES string of the molecule is Cn1cc(S(=O)(=O)N2CCc3ccccc32)cc1C(=O)Nc1ccc(OC(F)(F)F)cc1. The van der Waals surface area contributed by atoms with E-state index >= 15 is 0 Å². The molecule has 4 rings (SSSR count). The van der Waals surface area contributed by atoms with Gasteiger partial charge in [0.1, 0.15) is 16.3 Å². The Morgan fingerprint density at radius 3 is 2.47 bits per heavy atom. The highest BCUT2D eigenvalue weighted by Crippen LogP contribution is 2.33. The molecule has 1 N–H and O–H groups in total. The molecular weight excluding hydrogens is 447 g/mol. The third-order valence-corrected chi connectivity index (χ3v) is 6.77. The first kappa shape index (κ1) is 21.8. The predicted molar refractivity (Wildman–Crippen MR) is 111 cm³/mol. The number of ether oxygens (including phenoxy) is 1. The summed E-state index contributed by atoms with van der Waals surface area (Å²) in [6.07, 6.45) is -2.86. The number of aromatic nitrogens is 1. The van der Waals surface area contributed by atoms with Gasteiger partial charge in [-0.25, -0.2) is 8.42 Å². The molecule has 0 spiro atoms. The molecule has 0 bridgehead atoms. The highest BCUT2D eigenvalue weighted by atomic mass is 32.2. The number of nitrogens with zero attached hydrogens (tertiary/aromatic N) is 2. The molecule has 7 nitrogen and oxygen atoms in total. The molecule has 1 aliphatic heterocycles. The number of anilines is 2. The van der Waals surface area contributed by atoms with Crippen LogP contribution in [0.15, 0.2) is 65.7 Å². The Morgan fingerprint density at radius 1 is 1.09 bits per heavy atom. The fourth-order valence-corrected chi connectivity index (χ4v) is 5.10. The average Bonchev–Trinajstić information content (AvgIpc) is 3.33. The first-order chi connectivity index (χ1) is 15.0. The molecule has 0 aliphatic carbocycles. The van der Waals surface area contributed by atoms with Crippen molar-refractivity contribution in [2.24, 2.45) is 7.05 Å². The molecular formula is C21H18F3N3O4S. The van der Waals surface area contributed by atoms with Crippen LogP contribution in [0.25, 0.3) is 0 Å². The van der Waals surface area contributed by atoms with E-state index in [-0.39, 0.29) is 16.3 Å². The van der Waals surface area contributed by atoms with Gasteiger partial charge in [0.25, 0.3) is 15.9 Å². The number of rotatable bonds is 5. The number of alkyl halides is 3. The quantitative estimate of drug-likeness (QED) is 0.619. The van der Waals surface area contributed by atoms with Gasteiger partial charge in [-0.2, -0.15) is 0 Å². The number of benzene rings is 2. The largest absolute Gasteiger partial charge is 0.573 e. The van der Waals surface area contributed by atoms with Gasteiger partial charge in [-0.05, 0) is 48.4 Å². The summed E-state index contributed by atoms with van der Waals surface area (Å²) >= 11 is 0. The van der Waals surface area contributed by atoms with E-state index < -0.39 is 28.0 Å². The van der Waals surface area contributed by atoms with Crippen molar-refractivity contribution in [3.8, 4) is 5.75 Å². The molecule has 11 heteroatoms. The van der Waals surface area contributed by atoms with Crippen LogP contribution in [0.3, 0.4) is 0 Å². The second-order valence-corrected chi connectivity index (χ2v) is 9.02. The number of hydrogen-bond donors (Lipinski definition) is 1. The molecule has 0 atom stereocenters. The van der Waals surface area contributed by atoms with Crippen LogP contribution in [0.4, 0.5) is 24.5 Å². The average molecular weight is 465 g/mol. The van der Waals surface area contributed by atoms with E-state index in [9.17, 15) is 26.4 Å². The summed E-state index contributed by atoms with van der Waals surface area (Å²) in [4.78, 5) is 12.6. The van der Waals surface area contributed by atoms with E-state index in [0.717, 1.165) is 17.7 Å². The number of carbonyl (C=O) groups excluding carboxylic acids is 1. The van der Waals surface area contributed by atoms with E-state index in [1.54, 1.807) is 12.1 Å². The van der Waals surface area contributed by atoms with Gasteiger partial charge < -0.3 is 14.6 Å². The molecule has 1 amide bonds. The Bertz CT molecular complexity index is 1270. The fourth-order valence-electron chi connectivity index (χ4n) is 3.52. The normalized spacial score (nSPS) is 13.7. The van der Waals surface area contributed by atoms with Crippen molar-refractivity contribution in [1.82, 2.24) is 4.57 Å². The summed E-state index contributed by atoms with van der Waals surface area (Å²) in [7, 11) is -2.34. The minimum absolute atomic E-state index is 0.0317. The third-order valence-electron chi connectivity index (χ3n) is 4.99. The van der Waals surface area contributed by atoms with E-state index in [2.05, 4.69) is 10.1 Å². The van der Waals surface area contributed by atoms with Gasteiger partial charge in [0.2, 0.25) is 0 Å². The number of halogens is 3. The molecule has 0 saturated heterocycles. The number of para-hydroxylation sites is 1. The standard InChI is InChI=1S/C21H18F3N3O4S/c1-26-13-17(32(29,30)27-11-10-14-4-2-3-5-18(14)27)12-19(26)20(28)25-15-6-8-16(9-7-15)31-21(22,23)24/h2-9,12-13H,10-11H2,1H3,(H,25,28). The van der Waals surface area contributed by atoms with Crippen LogP contribution in [-0.2, 0) is 23.5 Å². The number of sulfonamides is 1. The topological polar surface area (TPSA) is 80.6 Å². The van der Waals surface area contributed by atoms with Crippen molar-refractivity contribution in [3.05, 3.63) is 72.1 Å². The molecule has 2 heterocycles. The molecule has 0 saturated carbocycles. The second-order valence-electron chi connectivity index (χ2n) is 7.15. The smallest absolute Gasteiger partial charge is 0.406 e. The molecule has 32 heavy (non-hydrogen) atoms. The van der Waals surface area contributed by atoms with Crippen LogP contribution in [0.1, 0.15) is 16.1 Å². The van der Waals surface area contributed by atoms with E-state index in [0.29, 0.717) is 18.7 Å². The molecule has 0 fully saturated rings. The van der Waals surface area contributed by atoms with Gasteiger partial charge in [0, 0.05) is 25.5 Å². The van der Waals surface area contributed by atoms with Crippen LogP contribution in [0.2, 0.25) is 0 Å². The molecule has 2 aromatic carbocycles. The van der Waals surface area contributed by atoms with Gasteiger partial charge >= 0.3 is 6.36 Å². The van der Waals surface area contributed by atoms with Crippen LogP contribution >= 0.6 is 0 Å². The van der Waals surface area contributed by atoms with Gasteiger partial charge in [0.05, 0.1) is 5.69 Å². The fraction of sp³-hybridized carbons (Fsp3) is 0.190. The molecule has 0 unspecified atom stereocenters. The minimum atomic E-state index is -4.81. The highest BCUT2D eigenvalue weighted by molar-refractivity contribution is 7.92. The van der Waals surface area contributed by atoms with Gasteiger partial charge in [-0.15, -0.1) is 13.2 Å². The van der Waals surface area contributed by atoms with Gasteiger partial charge in [-0.3, -0.25) is 9.10 Å². The lowest BCUT2D eigenvalue weighted by molar-refractivity contribution is -0.274. The summed E-state index contributed by atoms with van der Waals surface area (Å²) in [5.74, 6) is -1.03. The monoisotopic (exact) mass is 465 g/mol. The molecule has 1 aliphatic rings. The predicted octanol–water partition coefficient (Wildman–Crippen LogP) is 3.93. The zero-order valence-corrected chi connectivity index (χ0v) is 17.6. The Morgan fingerprint density at radius 2 is 1.78 bits per heavy atom. The molecule has 168 valence electrons. The Kier molecular flexibility index (Phi) is 5.37. The highest BCUT2D eigenvalue weighted by Gasteiger charge is 2.33. The Balaban J connectivity index is 1.53. The number of fused-ring (bicyclic) bond motifs is 1. The lowest BCUT2D eigenvalue weighted by Crippen LogP contribution is -2.28. The lowest BCUT2D eigenvalue weighted by atomic mass is 10.2. The van der Waals surface area contributed by atoms with Crippen LogP contribution in [-0.4, -0.2) is 31.8 Å². The molecule has 1 aromatic heterocycles. The van der Waals surface area contributed by atoms with E-state index in [1.807, 2.05) is 12.1 Å². The van der Waals surface area contributed by atoms with Crippen molar-refractivity contribution in [1.29, 1.82) is 0 Å².